The van der Waals surface area contributed by atoms with Gasteiger partial charge in [-0.3, -0.25) is 29.4 Å². The summed E-state index contributed by atoms with van der Waals surface area (Å²) in [6, 6.07) is 25.4. The molecule has 0 saturated heterocycles. The van der Waals surface area contributed by atoms with E-state index < -0.39 is 35.3 Å². The molecule has 360 valence electrons. The van der Waals surface area contributed by atoms with Gasteiger partial charge < -0.3 is 21.3 Å². The molecule has 0 aliphatic carbocycles. The van der Waals surface area contributed by atoms with Gasteiger partial charge in [-0.25, -0.2) is 33.1 Å². The predicted octanol–water partition coefficient (Wildman–Crippen LogP) is 4.26. The first-order valence-electron chi connectivity index (χ1n) is 21.6. The number of halogens is 3. The van der Waals surface area contributed by atoms with E-state index in [0.717, 1.165) is 39.9 Å². The van der Waals surface area contributed by atoms with E-state index in [4.69, 9.17) is 0 Å². The number of amides is 4. The van der Waals surface area contributed by atoms with E-state index >= 15 is 0 Å². The maximum atomic E-state index is 13.5. The van der Waals surface area contributed by atoms with Gasteiger partial charge in [-0.1, -0.05) is 66.7 Å². The fraction of sp³-hybridized carbons (Fsp3) is 0.106. The van der Waals surface area contributed by atoms with Crippen molar-refractivity contribution in [2.45, 2.75) is 33.1 Å². The Balaban J connectivity index is 0.000000178. The maximum Gasteiger partial charge on any atom is 0.270 e. The summed E-state index contributed by atoms with van der Waals surface area (Å²) in [5.41, 5.74) is 5.07. The molecule has 0 atom stereocenters. The van der Waals surface area contributed by atoms with Crippen LogP contribution in [-0.4, -0.2) is 93.2 Å². The van der Waals surface area contributed by atoms with Crippen LogP contribution >= 0.6 is 0 Å². The SMILES string of the molecule is Cc1cc(CNC(=O)c2cc(C(=O)NCc3ccc(-c4ncn[nH]4)cc3)n3ncnc3n2)ccc1F.O=C(NCc1ccc(F)c(F)c1)c1cc(C(=O)NCc2ccc(-c3ncn[nH]3)cc2)n2ncnc2n1. The van der Waals surface area contributed by atoms with Gasteiger partial charge in [0, 0.05) is 49.4 Å². The second-order valence-electron chi connectivity index (χ2n) is 15.6. The Bertz CT molecular complexity index is 3330. The number of hydrogen-bond acceptors (Lipinski definition) is 14. The molecule has 0 saturated carbocycles. The highest BCUT2D eigenvalue weighted by atomic mass is 19.2. The fourth-order valence-corrected chi connectivity index (χ4v) is 6.99. The molecule has 4 amide bonds. The quantitative estimate of drug-likeness (QED) is 0.0888. The Morgan fingerprint density at radius 3 is 1.32 bits per heavy atom. The Labute approximate surface area is 403 Å². The minimum absolute atomic E-state index is 0.0101. The van der Waals surface area contributed by atoms with Crippen molar-refractivity contribution in [3.63, 3.8) is 0 Å². The molecule has 0 fully saturated rings. The molecule has 6 N–H and O–H groups in total. The summed E-state index contributed by atoms with van der Waals surface area (Å²) in [5.74, 6) is -2.94. The number of carbonyl (C=O) groups is 4. The lowest BCUT2D eigenvalue weighted by molar-refractivity contribution is 0.0927. The zero-order valence-corrected chi connectivity index (χ0v) is 37.5. The van der Waals surface area contributed by atoms with E-state index in [2.05, 4.69) is 81.8 Å². The second-order valence-corrected chi connectivity index (χ2v) is 15.6. The van der Waals surface area contributed by atoms with Crippen molar-refractivity contribution in [2.75, 3.05) is 0 Å². The van der Waals surface area contributed by atoms with Crippen molar-refractivity contribution in [1.29, 1.82) is 0 Å². The fourth-order valence-electron chi connectivity index (χ4n) is 6.99. The smallest absolute Gasteiger partial charge is 0.270 e. The Hall–Kier alpha value is -10.1. The van der Waals surface area contributed by atoms with E-state index in [1.54, 1.807) is 19.1 Å². The molecule has 6 aromatic heterocycles. The van der Waals surface area contributed by atoms with Crippen LogP contribution in [0.2, 0.25) is 0 Å². The molecule has 0 aliphatic heterocycles. The first-order valence-corrected chi connectivity index (χ1v) is 21.6. The first-order chi connectivity index (χ1) is 34.9. The number of carbonyl (C=O) groups excluding carboxylic acids is 4. The number of aromatic amines is 2. The third-order valence-electron chi connectivity index (χ3n) is 10.7. The van der Waals surface area contributed by atoms with Crippen LogP contribution < -0.4 is 21.3 Å². The number of H-pyrrole nitrogens is 2. The van der Waals surface area contributed by atoms with Gasteiger partial charge in [-0.05, 0) is 52.9 Å². The third kappa shape index (κ3) is 10.9. The topological polar surface area (TPSA) is 286 Å². The molecule has 0 aliphatic rings. The van der Waals surface area contributed by atoms with Crippen molar-refractivity contribution in [2.24, 2.45) is 0 Å². The molecule has 0 radical (unpaired) electrons. The summed E-state index contributed by atoms with van der Waals surface area (Å²) >= 11 is 0. The van der Waals surface area contributed by atoms with Crippen LogP contribution in [0.15, 0.2) is 122 Å². The number of aryl methyl sites for hydroxylation is 1. The van der Waals surface area contributed by atoms with Gasteiger partial charge in [0.2, 0.25) is 0 Å². The molecule has 4 aromatic carbocycles. The summed E-state index contributed by atoms with van der Waals surface area (Å²) < 4.78 is 42.5. The van der Waals surface area contributed by atoms with Crippen molar-refractivity contribution in [3.05, 3.63) is 190 Å². The number of fused-ring (bicyclic) bond motifs is 2. The van der Waals surface area contributed by atoms with Gasteiger partial charge in [0.1, 0.15) is 53.9 Å². The summed E-state index contributed by atoms with van der Waals surface area (Å²) in [4.78, 5) is 75.9. The number of hydrogen-bond donors (Lipinski definition) is 6. The number of rotatable bonds is 14. The maximum absolute atomic E-state index is 13.5. The van der Waals surface area contributed by atoms with E-state index in [9.17, 15) is 32.3 Å². The van der Waals surface area contributed by atoms with Gasteiger partial charge in [-0.2, -0.15) is 39.4 Å². The number of aromatic nitrogens is 14. The Kier molecular flexibility index (Phi) is 13.8. The molecule has 25 heteroatoms. The van der Waals surface area contributed by atoms with Crippen molar-refractivity contribution in [1.82, 2.24) is 90.8 Å². The Morgan fingerprint density at radius 1 is 0.472 bits per heavy atom. The largest absolute Gasteiger partial charge is 0.347 e. The number of nitrogens with zero attached hydrogens (tertiary/aromatic N) is 12. The van der Waals surface area contributed by atoms with Crippen molar-refractivity contribution >= 4 is 35.2 Å². The molecule has 10 aromatic rings. The number of nitrogens with one attached hydrogen (secondary N) is 6. The minimum Gasteiger partial charge on any atom is -0.347 e. The molecule has 0 unspecified atom stereocenters. The van der Waals surface area contributed by atoms with Crippen molar-refractivity contribution < 1.29 is 32.3 Å². The zero-order chi connectivity index (χ0) is 50.1. The highest BCUT2D eigenvalue weighted by Gasteiger charge is 2.20. The van der Waals surface area contributed by atoms with Crippen LogP contribution in [0.3, 0.4) is 0 Å². The summed E-state index contributed by atoms with van der Waals surface area (Å²) in [6.45, 7) is 2.22. The number of benzene rings is 4. The molecule has 10 rings (SSSR count). The zero-order valence-electron chi connectivity index (χ0n) is 37.5. The summed E-state index contributed by atoms with van der Waals surface area (Å²) in [6.07, 6.45) is 5.32. The summed E-state index contributed by atoms with van der Waals surface area (Å²) in [7, 11) is 0. The van der Waals surface area contributed by atoms with Crippen LogP contribution in [-0.2, 0) is 26.2 Å². The molecule has 72 heavy (non-hydrogen) atoms. The van der Waals surface area contributed by atoms with Crippen LogP contribution in [0.5, 0.6) is 0 Å². The van der Waals surface area contributed by atoms with E-state index in [1.807, 2.05) is 48.5 Å². The lowest BCUT2D eigenvalue weighted by Gasteiger charge is -2.10. The van der Waals surface area contributed by atoms with Gasteiger partial charge in [0.15, 0.2) is 23.3 Å². The summed E-state index contributed by atoms with van der Waals surface area (Å²) in [5, 5.41) is 32.2. The normalized spacial score (nSPS) is 10.9. The first kappa shape index (κ1) is 47.0. The molecule has 0 bridgehead atoms. The average molecular weight is 975 g/mol. The lowest BCUT2D eigenvalue weighted by Crippen LogP contribution is -2.28. The average Bonchev–Trinajstić information content (AvgIpc) is 4.27. The van der Waals surface area contributed by atoms with Gasteiger partial charge in [0.05, 0.1) is 0 Å². The monoisotopic (exact) mass is 974 g/mol. The molecular weight excluding hydrogens is 938 g/mol. The second kappa shape index (κ2) is 21.1. The van der Waals surface area contributed by atoms with Gasteiger partial charge in [-0.15, -0.1) is 0 Å². The minimum atomic E-state index is -1.02. The molecule has 6 heterocycles. The van der Waals surface area contributed by atoms with Crippen molar-refractivity contribution in [3.8, 4) is 22.8 Å². The van der Waals surface area contributed by atoms with Gasteiger partial charge in [0.25, 0.3) is 35.2 Å². The molecule has 22 nitrogen and oxygen atoms in total. The van der Waals surface area contributed by atoms with Crippen LogP contribution in [0.1, 0.15) is 69.8 Å². The third-order valence-corrected chi connectivity index (χ3v) is 10.7. The van der Waals surface area contributed by atoms with E-state index in [-0.39, 0.29) is 66.3 Å². The van der Waals surface area contributed by atoms with Crippen LogP contribution in [0, 0.1) is 24.4 Å². The predicted molar refractivity (Wildman–Crippen MR) is 247 cm³/mol. The molecular formula is C47H37F3N18O4. The highest BCUT2D eigenvalue weighted by Crippen LogP contribution is 2.17. The van der Waals surface area contributed by atoms with Gasteiger partial charge >= 0.3 is 0 Å². The van der Waals surface area contributed by atoms with Crippen LogP contribution in [0.25, 0.3) is 34.3 Å². The molecule has 0 spiro atoms. The van der Waals surface area contributed by atoms with Crippen LogP contribution in [0.4, 0.5) is 13.2 Å². The lowest BCUT2D eigenvalue weighted by atomic mass is 10.1. The Morgan fingerprint density at radius 2 is 0.889 bits per heavy atom. The standard InChI is InChI=1S/C24H20FN9O2.C23H17F2N9O2/c1-14-8-16(4-7-18(14)25)11-26-22(35)19-9-20(34-24(32-19)29-13-31-34)23(36)27-10-15-2-5-17(6-3-15)21-28-12-30-33-21;24-16-6-3-14(7-17(16)25)10-26-21(35)18-8-19(34-23(32-18)29-12-31-34)22(36)27-9-13-1-4-15(5-2-13)20-28-11-30-33-20/h2-9,12-13H,10-11H2,1H3,(H,26,35)(H,27,36)(H,28,30,33);1-8,11-12H,9-10H2,(H,26,35)(H,27,36)(H,28,30,33). The van der Waals surface area contributed by atoms with E-state index in [0.29, 0.717) is 22.8 Å². The van der Waals surface area contributed by atoms with E-state index in [1.165, 1.54) is 58.6 Å². The highest BCUT2D eigenvalue weighted by molar-refractivity contribution is 5.99.